The van der Waals surface area contributed by atoms with Gasteiger partial charge in [0.25, 0.3) is 5.91 Å². The molecule has 1 N–H and O–H groups in total. The van der Waals surface area contributed by atoms with Crippen LogP contribution in [0.15, 0.2) is 53.4 Å². The molecule has 0 aromatic heterocycles. The summed E-state index contributed by atoms with van der Waals surface area (Å²) < 4.78 is 32.3. The zero-order valence-electron chi connectivity index (χ0n) is 15.7. The van der Waals surface area contributed by atoms with E-state index in [2.05, 4.69) is 5.32 Å². The van der Waals surface area contributed by atoms with E-state index in [0.717, 1.165) is 11.3 Å². The van der Waals surface area contributed by atoms with Gasteiger partial charge in [-0.3, -0.25) is 4.79 Å². The van der Waals surface area contributed by atoms with E-state index < -0.39 is 10.0 Å². The van der Waals surface area contributed by atoms with Crippen molar-refractivity contribution in [2.45, 2.75) is 37.2 Å². The van der Waals surface area contributed by atoms with Crippen LogP contribution in [0, 0.1) is 0 Å². The molecule has 0 radical (unpaired) electrons. The summed E-state index contributed by atoms with van der Waals surface area (Å²) in [5, 5.41) is 2.99. The Labute approximate surface area is 160 Å². The molecule has 1 aliphatic heterocycles. The molecule has 0 unspecified atom stereocenters. The van der Waals surface area contributed by atoms with Gasteiger partial charge in [-0.15, -0.1) is 0 Å². The van der Waals surface area contributed by atoms with Crippen LogP contribution in [0.25, 0.3) is 0 Å². The van der Waals surface area contributed by atoms with E-state index in [4.69, 9.17) is 4.74 Å². The topological polar surface area (TPSA) is 75.7 Å². The van der Waals surface area contributed by atoms with Gasteiger partial charge in [0.15, 0.2) is 0 Å². The first-order chi connectivity index (χ1) is 12.8. The van der Waals surface area contributed by atoms with Crippen LogP contribution in [-0.2, 0) is 10.0 Å². The van der Waals surface area contributed by atoms with Gasteiger partial charge in [-0.2, -0.15) is 4.31 Å². The molecule has 144 valence electrons. The SMILES string of the molecule is CC(C)N(C)S(=O)(=O)c1cccc(C(=O)N[C@H]2CCOc3ccccc32)c1. The van der Waals surface area contributed by atoms with Gasteiger partial charge in [-0.1, -0.05) is 24.3 Å². The minimum absolute atomic E-state index is 0.110. The highest BCUT2D eigenvalue weighted by atomic mass is 32.2. The average molecular weight is 388 g/mol. The number of amides is 1. The molecule has 7 heteroatoms. The molecule has 0 aliphatic carbocycles. The molecule has 0 saturated carbocycles. The van der Waals surface area contributed by atoms with Gasteiger partial charge in [0.1, 0.15) is 5.75 Å². The van der Waals surface area contributed by atoms with Crippen molar-refractivity contribution in [3.05, 3.63) is 59.7 Å². The number of hydrogen-bond acceptors (Lipinski definition) is 4. The molecule has 0 spiro atoms. The molecule has 1 amide bonds. The number of sulfonamides is 1. The smallest absolute Gasteiger partial charge is 0.251 e. The van der Waals surface area contributed by atoms with E-state index >= 15 is 0 Å². The van der Waals surface area contributed by atoms with Crippen LogP contribution in [0.2, 0.25) is 0 Å². The molecule has 2 aromatic carbocycles. The lowest BCUT2D eigenvalue weighted by Crippen LogP contribution is -2.34. The van der Waals surface area contributed by atoms with Crippen LogP contribution in [-0.4, -0.2) is 38.3 Å². The summed E-state index contributed by atoms with van der Waals surface area (Å²) in [5.74, 6) is 0.463. The lowest BCUT2D eigenvalue weighted by molar-refractivity contribution is 0.0924. The van der Waals surface area contributed by atoms with Gasteiger partial charge < -0.3 is 10.1 Å². The lowest BCUT2D eigenvalue weighted by atomic mass is 10.00. The third-order valence-corrected chi connectivity index (χ3v) is 6.79. The Morgan fingerprint density at radius 3 is 2.67 bits per heavy atom. The molecule has 0 bridgehead atoms. The molecule has 1 heterocycles. The van der Waals surface area contributed by atoms with Crippen molar-refractivity contribution < 1.29 is 17.9 Å². The number of hydrogen-bond donors (Lipinski definition) is 1. The zero-order valence-corrected chi connectivity index (χ0v) is 16.5. The fraction of sp³-hybridized carbons (Fsp3) is 0.350. The number of para-hydroxylation sites is 1. The number of fused-ring (bicyclic) bond motifs is 1. The molecule has 1 aliphatic rings. The van der Waals surface area contributed by atoms with E-state index in [1.54, 1.807) is 26.0 Å². The highest BCUT2D eigenvalue weighted by molar-refractivity contribution is 7.89. The second-order valence-electron chi connectivity index (χ2n) is 6.84. The first-order valence-corrected chi connectivity index (χ1v) is 10.4. The third kappa shape index (κ3) is 3.99. The second kappa shape index (κ2) is 7.70. The van der Waals surface area contributed by atoms with Crippen molar-refractivity contribution in [1.29, 1.82) is 0 Å². The van der Waals surface area contributed by atoms with E-state index in [1.165, 1.54) is 23.5 Å². The van der Waals surface area contributed by atoms with Gasteiger partial charge in [0, 0.05) is 30.6 Å². The summed E-state index contributed by atoms with van der Waals surface area (Å²) in [5.41, 5.74) is 1.25. The molecule has 0 fully saturated rings. The Kier molecular flexibility index (Phi) is 5.53. The fourth-order valence-electron chi connectivity index (χ4n) is 2.98. The number of ether oxygens (including phenoxy) is 1. The minimum atomic E-state index is -3.64. The summed E-state index contributed by atoms with van der Waals surface area (Å²) in [6, 6.07) is 13.4. The van der Waals surface area contributed by atoms with Crippen molar-refractivity contribution in [2.24, 2.45) is 0 Å². The summed E-state index contributed by atoms with van der Waals surface area (Å²) in [6.07, 6.45) is 0.664. The Hall–Kier alpha value is -2.38. The number of carbonyl (C=O) groups excluding carboxylic acids is 1. The van der Waals surface area contributed by atoms with Crippen LogP contribution >= 0.6 is 0 Å². The predicted octanol–water partition coefficient (Wildman–Crippen LogP) is 2.97. The number of nitrogens with one attached hydrogen (secondary N) is 1. The second-order valence-corrected chi connectivity index (χ2v) is 8.84. The molecule has 27 heavy (non-hydrogen) atoms. The first-order valence-electron chi connectivity index (χ1n) is 8.91. The Morgan fingerprint density at radius 2 is 1.93 bits per heavy atom. The van der Waals surface area contributed by atoms with Crippen molar-refractivity contribution in [3.8, 4) is 5.75 Å². The minimum Gasteiger partial charge on any atom is -0.493 e. The average Bonchev–Trinajstić information content (AvgIpc) is 2.67. The lowest BCUT2D eigenvalue weighted by Gasteiger charge is -2.26. The highest BCUT2D eigenvalue weighted by Crippen LogP contribution is 2.31. The molecule has 2 aromatic rings. The van der Waals surface area contributed by atoms with Gasteiger partial charge in [-0.05, 0) is 38.1 Å². The highest BCUT2D eigenvalue weighted by Gasteiger charge is 2.26. The zero-order chi connectivity index (χ0) is 19.6. The van der Waals surface area contributed by atoms with Crippen molar-refractivity contribution in [1.82, 2.24) is 9.62 Å². The molecular weight excluding hydrogens is 364 g/mol. The van der Waals surface area contributed by atoms with E-state index in [9.17, 15) is 13.2 Å². The van der Waals surface area contributed by atoms with Crippen LogP contribution in [0.4, 0.5) is 0 Å². The number of benzene rings is 2. The summed E-state index contributed by atoms with van der Waals surface area (Å²) in [7, 11) is -2.11. The Morgan fingerprint density at radius 1 is 1.19 bits per heavy atom. The summed E-state index contributed by atoms with van der Waals surface area (Å²) in [4.78, 5) is 12.9. The van der Waals surface area contributed by atoms with E-state index in [0.29, 0.717) is 18.6 Å². The largest absolute Gasteiger partial charge is 0.493 e. The third-order valence-electron chi connectivity index (χ3n) is 4.76. The van der Waals surface area contributed by atoms with Crippen molar-refractivity contribution in [3.63, 3.8) is 0 Å². The van der Waals surface area contributed by atoms with Crippen molar-refractivity contribution in [2.75, 3.05) is 13.7 Å². The van der Waals surface area contributed by atoms with E-state index in [-0.39, 0.29) is 22.9 Å². The summed E-state index contributed by atoms with van der Waals surface area (Å²) in [6.45, 7) is 4.13. The molecule has 6 nitrogen and oxygen atoms in total. The number of carbonyl (C=O) groups is 1. The van der Waals surface area contributed by atoms with Gasteiger partial charge in [0.05, 0.1) is 17.5 Å². The Balaban J connectivity index is 1.83. The molecule has 3 rings (SSSR count). The van der Waals surface area contributed by atoms with Crippen LogP contribution < -0.4 is 10.1 Å². The Bertz CT molecular complexity index is 941. The van der Waals surface area contributed by atoms with Crippen LogP contribution in [0.5, 0.6) is 5.75 Å². The molecular formula is C20H24N2O4S. The van der Waals surface area contributed by atoms with Crippen LogP contribution in [0.1, 0.15) is 42.2 Å². The molecule has 0 saturated heterocycles. The number of rotatable bonds is 5. The van der Waals surface area contributed by atoms with Gasteiger partial charge in [-0.25, -0.2) is 8.42 Å². The van der Waals surface area contributed by atoms with Crippen molar-refractivity contribution >= 4 is 15.9 Å². The maximum absolute atomic E-state index is 12.7. The van der Waals surface area contributed by atoms with Crippen LogP contribution in [0.3, 0.4) is 0 Å². The fourth-order valence-corrected chi connectivity index (χ4v) is 4.39. The summed E-state index contributed by atoms with van der Waals surface area (Å²) >= 11 is 0. The van der Waals surface area contributed by atoms with Gasteiger partial charge >= 0.3 is 0 Å². The first kappa shape index (κ1) is 19.4. The maximum Gasteiger partial charge on any atom is 0.251 e. The normalized spacial score (nSPS) is 16.7. The maximum atomic E-state index is 12.7. The number of nitrogens with zero attached hydrogens (tertiary/aromatic N) is 1. The van der Waals surface area contributed by atoms with Gasteiger partial charge in [0.2, 0.25) is 10.0 Å². The monoisotopic (exact) mass is 388 g/mol. The quantitative estimate of drug-likeness (QED) is 0.854. The molecule has 1 atom stereocenters. The van der Waals surface area contributed by atoms with E-state index in [1.807, 2.05) is 24.3 Å². The standard InChI is InChI=1S/C20H24N2O4S/c1-14(2)22(3)27(24,25)16-8-6-7-15(13-16)20(23)21-18-11-12-26-19-10-5-4-9-17(18)19/h4-10,13-14,18H,11-12H2,1-3H3,(H,21,23)/t18-/m0/s1. The predicted molar refractivity (Wildman–Crippen MR) is 103 cm³/mol.